The molecule has 1 amide bonds. The molecule has 0 bridgehead atoms. The number of likely N-dealkylation sites (tertiary alicyclic amines) is 1. The highest BCUT2D eigenvalue weighted by molar-refractivity contribution is 7.92. The van der Waals surface area contributed by atoms with E-state index in [2.05, 4.69) is 6.92 Å². The molecule has 0 radical (unpaired) electrons. The van der Waals surface area contributed by atoms with Crippen LogP contribution in [0.25, 0.3) is 0 Å². The molecular formula is C27H29ClN2O3S. The van der Waals surface area contributed by atoms with E-state index in [1.165, 1.54) is 4.31 Å². The minimum atomic E-state index is -3.84. The average Bonchev–Trinajstić information content (AvgIpc) is 2.84. The highest BCUT2D eigenvalue weighted by Crippen LogP contribution is 2.31. The predicted octanol–water partition coefficient (Wildman–Crippen LogP) is 5.92. The van der Waals surface area contributed by atoms with Crippen molar-refractivity contribution in [2.24, 2.45) is 5.92 Å². The van der Waals surface area contributed by atoms with Crippen molar-refractivity contribution in [2.45, 2.75) is 38.1 Å². The molecule has 1 fully saturated rings. The number of carbonyl (C=O) groups excluding carboxylic acids is 1. The number of halogens is 1. The average molecular weight is 497 g/mol. The lowest BCUT2D eigenvalue weighted by molar-refractivity contribution is 0.0683. The van der Waals surface area contributed by atoms with E-state index < -0.39 is 10.0 Å². The number of hydrogen-bond donors (Lipinski definition) is 0. The summed E-state index contributed by atoms with van der Waals surface area (Å²) in [5.41, 5.74) is 2.73. The third-order valence-corrected chi connectivity index (χ3v) is 8.25. The molecule has 3 aromatic rings. The first-order chi connectivity index (χ1) is 16.3. The minimum Gasteiger partial charge on any atom is -0.338 e. The van der Waals surface area contributed by atoms with Crippen LogP contribution in [0.4, 0.5) is 5.69 Å². The van der Waals surface area contributed by atoms with Gasteiger partial charge in [0.1, 0.15) is 0 Å². The Hall–Kier alpha value is -2.83. The van der Waals surface area contributed by atoms with Crippen LogP contribution in [0.5, 0.6) is 0 Å². The normalized spacial score (nSPS) is 16.3. The Balaban J connectivity index is 1.64. The van der Waals surface area contributed by atoms with Crippen molar-refractivity contribution in [2.75, 3.05) is 17.4 Å². The summed E-state index contributed by atoms with van der Waals surface area (Å²) >= 11 is 6.24. The molecule has 0 saturated carbocycles. The quantitative estimate of drug-likeness (QED) is 0.426. The van der Waals surface area contributed by atoms with Crippen molar-refractivity contribution in [3.05, 3.63) is 94.5 Å². The lowest BCUT2D eigenvalue weighted by Crippen LogP contribution is -2.39. The zero-order chi connectivity index (χ0) is 24.3. The van der Waals surface area contributed by atoms with Gasteiger partial charge >= 0.3 is 0 Å². The SMILES string of the molecule is Cc1ccc(Cl)cc1N(Cc1ccc(C(=O)N2CCCC(C)C2)cc1)S(=O)(=O)c1ccccc1. The second kappa shape index (κ2) is 10.2. The number of anilines is 1. The molecule has 0 N–H and O–H groups in total. The van der Waals surface area contributed by atoms with E-state index in [0.717, 1.165) is 37.1 Å². The fourth-order valence-corrected chi connectivity index (χ4v) is 6.04. The molecule has 0 aromatic heterocycles. The van der Waals surface area contributed by atoms with E-state index in [9.17, 15) is 13.2 Å². The van der Waals surface area contributed by atoms with Crippen LogP contribution in [-0.4, -0.2) is 32.3 Å². The Morgan fingerprint density at radius 1 is 1.06 bits per heavy atom. The first-order valence-corrected chi connectivity index (χ1v) is 13.3. The number of aryl methyl sites for hydroxylation is 1. The molecule has 0 aliphatic carbocycles. The van der Waals surface area contributed by atoms with Crippen LogP contribution in [0.1, 0.15) is 41.3 Å². The monoisotopic (exact) mass is 496 g/mol. The van der Waals surface area contributed by atoms with Crippen molar-refractivity contribution in [1.82, 2.24) is 4.90 Å². The van der Waals surface area contributed by atoms with Crippen molar-refractivity contribution < 1.29 is 13.2 Å². The summed E-state index contributed by atoms with van der Waals surface area (Å²) < 4.78 is 28.7. The lowest BCUT2D eigenvalue weighted by Gasteiger charge is -2.31. The number of amides is 1. The van der Waals surface area contributed by atoms with E-state index in [1.807, 2.05) is 30.0 Å². The van der Waals surface area contributed by atoms with Crippen LogP contribution in [0.15, 0.2) is 77.7 Å². The van der Waals surface area contributed by atoms with Gasteiger partial charge in [0.25, 0.3) is 15.9 Å². The van der Waals surface area contributed by atoms with Gasteiger partial charge in [-0.2, -0.15) is 0 Å². The molecule has 3 aromatic carbocycles. The van der Waals surface area contributed by atoms with E-state index in [-0.39, 0.29) is 17.3 Å². The van der Waals surface area contributed by atoms with Crippen LogP contribution in [-0.2, 0) is 16.6 Å². The van der Waals surface area contributed by atoms with Gasteiger partial charge in [-0.25, -0.2) is 8.42 Å². The van der Waals surface area contributed by atoms with Crippen LogP contribution >= 0.6 is 11.6 Å². The summed E-state index contributed by atoms with van der Waals surface area (Å²) in [6.45, 7) is 5.70. The number of nitrogens with zero attached hydrogens (tertiary/aromatic N) is 2. The van der Waals surface area contributed by atoms with Crippen molar-refractivity contribution in [1.29, 1.82) is 0 Å². The zero-order valence-corrected chi connectivity index (χ0v) is 21.0. The van der Waals surface area contributed by atoms with Gasteiger partial charge in [0.15, 0.2) is 0 Å². The number of hydrogen-bond acceptors (Lipinski definition) is 3. The Morgan fingerprint density at radius 2 is 1.76 bits per heavy atom. The molecule has 1 saturated heterocycles. The highest BCUT2D eigenvalue weighted by Gasteiger charge is 2.27. The summed E-state index contributed by atoms with van der Waals surface area (Å²) in [5.74, 6) is 0.534. The van der Waals surface area contributed by atoms with Gasteiger partial charge in [0, 0.05) is 23.7 Å². The molecular weight excluding hydrogens is 468 g/mol. The van der Waals surface area contributed by atoms with Crippen LogP contribution in [0, 0.1) is 12.8 Å². The smallest absolute Gasteiger partial charge is 0.264 e. The summed E-state index contributed by atoms with van der Waals surface area (Å²) in [6.07, 6.45) is 2.17. The van der Waals surface area contributed by atoms with E-state index in [4.69, 9.17) is 11.6 Å². The van der Waals surface area contributed by atoms with Crippen LogP contribution in [0.3, 0.4) is 0 Å². The van der Waals surface area contributed by atoms with Crippen molar-refractivity contribution in [3.8, 4) is 0 Å². The molecule has 5 nitrogen and oxygen atoms in total. The van der Waals surface area contributed by atoms with Gasteiger partial charge in [-0.1, -0.05) is 54.9 Å². The minimum absolute atomic E-state index is 0.0255. The maximum atomic E-state index is 13.6. The second-order valence-electron chi connectivity index (χ2n) is 8.95. The van der Waals surface area contributed by atoms with E-state index >= 15 is 0 Å². The van der Waals surface area contributed by atoms with Crippen LogP contribution < -0.4 is 4.31 Å². The summed E-state index contributed by atoms with van der Waals surface area (Å²) in [5, 5.41) is 0.463. The van der Waals surface area contributed by atoms with E-state index in [0.29, 0.717) is 22.2 Å². The molecule has 1 aliphatic rings. The predicted molar refractivity (Wildman–Crippen MR) is 137 cm³/mol. The van der Waals surface area contributed by atoms with Gasteiger partial charge in [0.05, 0.1) is 17.1 Å². The van der Waals surface area contributed by atoms with Crippen molar-refractivity contribution >= 4 is 33.2 Å². The topological polar surface area (TPSA) is 57.7 Å². The largest absolute Gasteiger partial charge is 0.338 e. The first kappa shape index (κ1) is 24.3. The van der Waals surface area contributed by atoms with Gasteiger partial charge in [-0.15, -0.1) is 0 Å². The molecule has 178 valence electrons. The fourth-order valence-electron chi connectivity index (χ4n) is 4.35. The summed E-state index contributed by atoms with van der Waals surface area (Å²) in [4.78, 5) is 15.0. The molecule has 34 heavy (non-hydrogen) atoms. The third kappa shape index (κ3) is 5.29. The zero-order valence-electron chi connectivity index (χ0n) is 19.4. The Labute approximate surface area is 207 Å². The first-order valence-electron chi connectivity index (χ1n) is 11.5. The van der Waals surface area contributed by atoms with Gasteiger partial charge < -0.3 is 4.90 Å². The number of sulfonamides is 1. The second-order valence-corrected chi connectivity index (χ2v) is 11.2. The number of rotatable bonds is 6. The number of benzene rings is 3. The van der Waals surface area contributed by atoms with Gasteiger partial charge in [0.2, 0.25) is 0 Å². The molecule has 1 aliphatic heterocycles. The lowest BCUT2D eigenvalue weighted by atomic mass is 9.99. The van der Waals surface area contributed by atoms with Crippen LogP contribution in [0.2, 0.25) is 5.02 Å². The molecule has 1 atom stereocenters. The summed E-state index contributed by atoms with van der Waals surface area (Å²) in [7, 11) is -3.84. The number of piperidine rings is 1. The number of carbonyl (C=O) groups is 1. The molecule has 0 spiro atoms. The molecule has 7 heteroatoms. The molecule has 4 rings (SSSR count). The Morgan fingerprint density at radius 3 is 2.44 bits per heavy atom. The maximum Gasteiger partial charge on any atom is 0.264 e. The molecule has 1 heterocycles. The molecule has 1 unspecified atom stereocenters. The Bertz CT molecular complexity index is 1260. The Kier molecular flexibility index (Phi) is 7.29. The van der Waals surface area contributed by atoms with Crippen molar-refractivity contribution in [3.63, 3.8) is 0 Å². The van der Waals surface area contributed by atoms with E-state index in [1.54, 1.807) is 54.6 Å². The third-order valence-electron chi connectivity index (χ3n) is 6.24. The maximum absolute atomic E-state index is 13.6. The fraction of sp³-hybridized carbons (Fsp3) is 0.296. The van der Waals surface area contributed by atoms with Gasteiger partial charge in [-0.05, 0) is 73.2 Å². The highest BCUT2D eigenvalue weighted by atomic mass is 35.5. The standard InChI is InChI=1S/C27H29ClN2O3S/c1-20-7-6-16-29(18-20)27(31)23-13-11-22(12-14-23)19-30(26-17-24(28)15-10-21(26)2)34(32,33)25-8-4-3-5-9-25/h3-5,8-15,17,20H,6-7,16,18-19H2,1-2H3. The summed E-state index contributed by atoms with van der Waals surface area (Å²) in [6, 6.07) is 20.8. The van der Waals surface area contributed by atoms with Gasteiger partial charge in [-0.3, -0.25) is 9.10 Å².